The predicted octanol–water partition coefficient (Wildman–Crippen LogP) is 8.33. The third-order valence-electron chi connectivity index (χ3n) is 3.92. The number of hydrogen-bond donors (Lipinski definition) is 0. The Morgan fingerprint density at radius 3 is 1.37 bits per heavy atom. The number of rotatable bonds is 7. The number of nitrogens with zero attached hydrogens (tertiary/aromatic N) is 4. The molecule has 30 heavy (non-hydrogen) atoms. The predicted molar refractivity (Wildman–Crippen MR) is 108 cm³/mol. The van der Waals surface area contributed by atoms with E-state index in [9.17, 15) is 13.2 Å². The maximum Gasteiger partial charge on any atom is 0.416 e. The van der Waals surface area contributed by atoms with Gasteiger partial charge in [0.15, 0.2) is 0 Å². The summed E-state index contributed by atoms with van der Waals surface area (Å²) in [5.74, 6) is 0.790. The number of halogens is 3. The first-order valence-corrected chi connectivity index (χ1v) is 9.28. The van der Waals surface area contributed by atoms with Gasteiger partial charge in [0.2, 0.25) is 0 Å². The van der Waals surface area contributed by atoms with Crippen molar-refractivity contribution in [2.24, 2.45) is 20.5 Å². The van der Waals surface area contributed by atoms with Gasteiger partial charge in [-0.25, -0.2) is 0 Å². The number of ether oxygens (including phenoxy) is 1. The van der Waals surface area contributed by atoms with E-state index in [1.807, 2.05) is 31.2 Å². The normalized spacial score (nSPS) is 12.0. The van der Waals surface area contributed by atoms with Gasteiger partial charge < -0.3 is 4.74 Å². The molecule has 0 spiro atoms. The number of hydrogen-bond acceptors (Lipinski definition) is 5. The van der Waals surface area contributed by atoms with Crippen molar-refractivity contribution in [2.75, 3.05) is 6.61 Å². The largest absolute Gasteiger partial charge is 0.494 e. The van der Waals surface area contributed by atoms with Crippen LogP contribution < -0.4 is 4.74 Å². The fourth-order valence-corrected chi connectivity index (χ4v) is 2.36. The molecule has 0 unspecified atom stereocenters. The maximum absolute atomic E-state index is 12.6. The van der Waals surface area contributed by atoms with E-state index in [-0.39, 0.29) is 0 Å². The summed E-state index contributed by atoms with van der Waals surface area (Å²) in [6.45, 7) is 2.72. The quantitative estimate of drug-likeness (QED) is 0.360. The summed E-state index contributed by atoms with van der Waals surface area (Å²) >= 11 is 0. The van der Waals surface area contributed by atoms with Gasteiger partial charge in [-0.1, -0.05) is 6.92 Å². The fraction of sp³-hybridized carbons (Fsp3) is 0.182. The molecule has 5 nitrogen and oxygen atoms in total. The Balaban J connectivity index is 1.59. The number of benzene rings is 3. The minimum atomic E-state index is -4.37. The van der Waals surface area contributed by atoms with Gasteiger partial charge in [-0.05, 0) is 79.2 Å². The molecule has 0 N–H and O–H groups in total. The fourth-order valence-electron chi connectivity index (χ4n) is 2.36. The Morgan fingerprint density at radius 1 is 0.633 bits per heavy atom. The monoisotopic (exact) mass is 412 g/mol. The van der Waals surface area contributed by atoms with Crippen molar-refractivity contribution in [3.05, 3.63) is 78.4 Å². The first kappa shape index (κ1) is 21.2. The van der Waals surface area contributed by atoms with Gasteiger partial charge in [0.05, 0.1) is 34.9 Å². The SMILES string of the molecule is CCCOc1ccc(N=Nc2ccc(N=Nc3ccc(C(F)(F)F)cc3)cc2)cc1. The van der Waals surface area contributed by atoms with Crippen LogP contribution in [-0.4, -0.2) is 6.61 Å². The van der Waals surface area contributed by atoms with Gasteiger partial charge in [0.1, 0.15) is 5.75 Å². The molecule has 0 fully saturated rings. The van der Waals surface area contributed by atoms with Crippen LogP contribution >= 0.6 is 0 Å². The molecular weight excluding hydrogens is 393 g/mol. The van der Waals surface area contributed by atoms with Gasteiger partial charge in [-0.2, -0.15) is 33.6 Å². The van der Waals surface area contributed by atoms with E-state index < -0.39 is 11.7 Å². The van der Waals surface area contributed by atoms with Crippen molar-refractivity contribution < 1.29 is 17.9 Å². The second kappa shape index (κ2) is 9.78. The van der Waals surface area contributed by atoms with Crippen molar-refractivity contribution in [3.8, 4) is 5.75 Å². The first-order valence-electron chi connectivity index (χ1n) is 9.28. The van der Waals surface area contributed by atoms with E-state index in [0.29, 0.717) is 29.4 Å². The summed E-state index contributed by atoms with van der Waals surface area (Å²) in [6.07, 6.45) is -3.42. The minimum absolute atomic E-state index is 0.332. The second-order valence-electron chi connectivity index (χ2n) is 6.30. The Hall–Kier alpha value is -3.55. The van der Waals surface area contributed by atoms with Crippen molar-refractivity contribution >= 4 is 22.7 Å². The summed E-state index contributed by atoms with van der Waals surface area (Å²) in [5.41, 5.74) is 1.49. The van der Waals surface area contributed by atoms with E-state index in [4.69, 9.17) is 4.74 Å². The minimum Gasteiger partial charge on any atom is -0.494 e. The van der Waals surface area contributed by atoms with Crippen LogP contribution in [0.2, 0.25) is 0 Å². The summed E-state index contributed by atoms with van der Waals surface area (Å²) in [6, 6.07) is 18.7. The Bertz CT molecular complexity index is 997. The molecule has 0 radical (unpaired) electrons. The first-order chi connectivity index (χ1) is 14.4. The van der Waals surface area contributed by atoms with Crippen LogP contribution in [0.4, 0.5) is 35.9 Å². The average Bonchev–Trinajstić information content (AvgIpc) is 2.76. The van der Waals surface area contributed by atoms with E-state index in [0.717, 1.165) is 24.3 Å². The molecule has 0 aromatic heterocycles. The summed E-state index contributed by atoms with van der Waals surface area (Å²) < 4.78 is 43.2. The smallest absolute Gasteiger partial charge is 0.416 e. The van der Waals surface area contributed by atoms with Crippen molar-refractivity contribution in [3.63, 3.8) is 0 Å². The average molecular weight is 412 g/mol. The molecule has 0 amide bonds. The third kappa shape index (κ3) is 6.23. The van der Waals surface area contributed by atoms with Crippen LogP contribution in [0.1, 0.15) is 18.9 Å². The van der Waals surface area contributed by atoms with Gasteiger partial charge in [-0.3, -0.25) is 0 Å². The zero-order valence-electron chi connectivity index (χ0n) is 16.2. The van der Waals surface area contributed by atoms with Crippen LogP contribution in [0.25, 0.3) is 0 Å². The summed E-state index contributed by atoms with van der Waals surface area (Å²) in [4.78, 5) is 0. The van der Waals surface area contributed by atoms with Gasteiger partial charge >= 0.3 is 6.18 Å². The molecule has 0 saturated heterocycles. The van der Waals surface area contributed by atoms with Crippen molar-refractivity contribution in [2.45, 2.75) is 19.5 Å². The van der Waals surface area contributed by atoms with E-state index in [1.54, 1.807) is 24.3 Å². The Morgan fingerprint density at radius 2 is 1.00 bits per heavy atom. The van der Waals surface area contributed by atoms with Crippen LogP contribution in [0.15, 0.2) is 93.3 Å². The molecule has 3 aromatic carbocycles. The van der Waals surface area contributed by atoms with E-state index in [1.165, 1.54) is 12.1 Å². The number of alkyl halides is 3. The topological polar surface area (TPSA) is 58.7 Å². The van der Waals surface area contributed by atoms with E-state index >= 15 is 0 Å². The summed E-state index contributed by atoms with van der Waals surface area (Å²) in [5, 5.41) is 16.3. The highest BCUT2D eigenvalue weighted by Gasteiger charge is 2.29. The molecule has 0 atom stereocenters. The number of azo groups is 2. The second-order valence-corrected chi connectivity index (χ2v) is 6.30. The summed E-state index contributed by atoms with van der Waals surface area (Å²) in [7, 11) is 0. The standard InChI is InChI=1S/C22H19F3N4O/c1-2-15-30-21-13-11-20(12-14-21)29-28-19-9-7-18(8-10-19)27-26-17-5-3-16(4-6-17)22(23,24)25/h3-14H,2,15H2,1H3. The molecule has 0 heterocycles. The lowest BCUT2D eigenvalue weighted by atomic mass is 10.2. The zero-order chi connectivity index (χ0) is 21.4. The highest BCUT2D eigenvalue weighted by atomic mass is 19.4. The molecule has 0 aliphatic carbocycles. The molecule has 0 saturated carbocycles. The molecule has 154 valence electrons. The highest BCUT2D eigenvalue weighted by Crippen LogP contribution is 2.31. The Kier molecular flexibility index (Phi) is 6.90. The molecule has 8 heteroatoms. The third-order valence-corrected chi connectivity index (χ3v) is 3.92. The molecule has 0 aliphatic rings. The lowest BCUT2D eigenvalue weighted by molar-refractivity contribution is -0.137. The lowest BCUT2D eigenvalue weighted by Crippen LogP contribution is -2.03. The molecule has 3 rings (SSSR count). The van der Waals surface area contributed by atoms with Crippen LogP contribution in [0.5, 0.6) is 5.75 Å². The Labute approximate surface area is 172 Å². The van der Waals surface area contributed by atoms with Crippen molar-refractivity contribution in [1.29, 1.82) is 0 Å². The van der Waals surface area contributed by atoms with Crippen LogP contribution in [0.3, 0.4) is 0 Å². The van der Waals surface area contributed by atoms with Gasteiger partial charge in [-0.15, -0.1) is 0 Å². The van der Waals surface area contributed by atoms with Crippen LogP contribution in [-0.2, 0) is 6.18 Å². The molecule has 0 aliphatic heterocycles. The van der Waals surface area contributed by atoms with Crippen molar-refractivity contribution in [1.82, 2.24) is 0 Å². The molecule has 3 aromatic rings. The van der Waals surface area contributed by atoms with Crippen LogP contribution in [0, 0.1) is 0 Å². The molecule has 0 bridgehead atoms. The maximum atomic E-state index is 12.6. The highest BCUT2D eigenvalue weighted by molar-refractivity contribution is 5.48. The van der Waals surface area contributed by atoms with E-state index in [2.05, 4.69) is 20.5 Å². The molecular formula is C22H19F3N4O. The van der Waals surface area contributed by atoms with Gasteiger partial charge in [0, 0.05) is 0 Å². The van der Waals surface area contributed by atoms with Gasteiger partial charge in [0.25, 0.3) is 0 Å². The zero-order valence-corrected chi connectivity index (χ0v) is 16.2. The lowest BCUT2D eigenvalue weighted by Gasteiger charge is -2.05.